The first-order chi connectivity index (χ1) is 17.9. The Morgan fingerprint density at radius 1 is 0.838 bits per heavy atom. The molecule has 4 heteroatoms. The van der Waals surface area contributed by atoms with Crippen LogP contribution in [0.4, 0.5) is 0 Å². The maximum absolute atomic E-state index is 12.0. The number of hydrogen-bond acceptors (Lipinski definition) is 4. The van der Waals surface area contributed by atoms with Crippen LogP contribution in [0.2, 0.25) is 0 Å². The summed E-state index contributed by atoms with van der Waals surface area (Å²) in [6.07, 6.45) is 2.00. The molecule has 0 aliphatic rings. The Morgan fingerprint density at radius 2 is 1.49 bits per heavy atom. The fourth-order valence-corrected chi connectivity index (χ4v) is 4.95. The van der Waals surface area contributed by atoms with E-state index in [0.717, 1.165) is 29.8 Å². The van der Waals surface area contributed by atoms with Gasteiger partial charge in [-0.05, 0) is 76.8 Å². The lowest BCUT2D eigenvalue weighted by Crippen LogP contribution is -2.38. The van der Waals surface area contributed by atoms with Crippen LogP contribution in [-0.2, 0) is 22.6 Å². The van der Waals surface area contributed by atoms with E-state index < -0.39 is 0 Å². The van der Waals surface area contributed by atoms with Crippen molar-refractivity contribution in [3.05, 3.63) is 101 Å². The zero-order valence-electron chi connectivity index (χ0n) is 23.2. The molecule has 3 rings (SSSR count). The Balaban J connectivity index is 1.96. The zero-order valence-corrected chi connectivity index (χ0v) is 23.2. The van der Waals surface area contributed by atoms with E-state index in [9.17, 15) is 4.79 Å². The highest BCUT2D eigenvalue weighted by atomic mass is 16.5. The van der Waals surface area contributed by atoms with Gasteiger partial charge in [0.2, 0.25) is 0 Å². The van der Waals surface area contributed by atoms with Gasteiger partial charge in [0.1, 0.15) is 12.4 Å². The van der Waals surface area contributed by atoms with Gasteiger partial charge in [-0.2, -0.15) is 0 Å². The van der Waals surface area contributed by atoms with Gasteiger partial charge < -0.3 is 9.47 Å². The van der Waals surface area contributed by atoms with Crippen molar-refractivity contribution in [1.29, 1.82) is 0 Å². The highest BCUT2D eigenvalue weighted by Crippen LogP contribution is 2.36. The van der Waals surface area contributed by atoms with Gasteiger partial charge in [0.15, 0.2) is 0 Å². The van der Waals surface area contributed by atoms with Crippen LogP contribution in [0.25, 0.3) is 0 Å². The molecule has 0 aromatic heterocycles. The smallest absolute Gasteiger partial charge is 0.306 e. The normalized spacial score (nSPS) is 12.2. The van der Waals surface area contributed by atoms with Crippen LogP contribution >= 0.6 is 0 Å². The average molecular weight is 502 g/mol. The maximum Gasteiger partial charge on any atom is 0.306 e. The van der Waals surface area contributed by atoms with Crippen LogP contribution in [0.5, 0.6) is 5.75 Å². The summed E-state index contributed by atoms with van der Waals surface area (Å²) in [5.74, 6) is 0.922. The van der Waals surface area contributed by atoms with Crippen LogP contribution in [-0.4, -0.2) is 36.1 Å². The Hall–Kier alpha value is -3.11. The van der Waals surface area contributed by atoms with E-state index in [2.05, 4.69) is 93.3 Å². The van der Waals surface area contributed by atoms with Crippen molar-refractivity contribution in [2.75, 3.05) is 13.2 Å². The predicted octanol–water partition coefficient (Wildman–Crippen LogP) is 7.40. The quantitative estimate of drug-likeness (QED) is 0.216. The molecule has 0 aliphatic heterocycles. The van der Waals surface area contributed by atoms with E-state index in [1.54, 1.807) is 0 Å². The molecule has 1 unspecified atom stereocenters. The van der Waals surface area contributed by atoms with Gasteiger partial charge in [-0.15, -0.1) is 0 Å². The molecule has 4 nitrogen and oxygen atoms in total. The van der Waals surface area contributed by atoms with Crippen molar-refractivity contribution in [3.8, 4) is 5.75 Å². The molecule has 0 saturated carbocycles. The molecule has 37 heavy (non-hydrogen) atoms. The van der Waals surface area contributed by atoms with Crippen LogP contribution < -0.4 is 4.74 Å². The van der Waals surface area contributed by atoms with Crippen LogP contribution in [0.1, 0.15) is 75.6 Å². The van der Waals surface area contributed by atoms with Gasteiger partial charge in [-0.1, -0.05) is 72.8 Å². The molecule has 198 valence electrons. The van der Waals surface area contributed by atoms with E-state index in [4.69, 9.17) is 9.47 Å². The Kier molecular flexibility index (Phi) is 11.2. The first-order valence-corrected chi connectivity index (χ1v) is 13.6. The fourth-order valence-electron chi connectivity index (χ4n) is 4.95. The van der Waals surface area contributed by atoms with Crippen LogP contribution in [0.3, 0.4) is 0 Å². The summed E-state index contributed by atoms with van der Waals surface area (Å²) in [7, 11) is 0. The van der Waals surface area contributed by atoms with Crippen molar-refractivity contribution in [1.82, 2.24) is 4.90 Å². The number of aryl methyl sites for hydroxylation is 1. The molecule has 0 amide bonds. The van der Waals surface area contributed by atoms with Gasteiger partial charge in [0, 0.05) is 30.0 Å². The predicted molar refractivity (Wildman–Crippen MR) is 152 cm³/mol. The third kappa shape index (κ3) is 8.75. The molecule has 3 aromatic rings. The molecular formula is C33H43NO3. The summed E-state index contributed by atoms with van der Waals surface area (Å²) in [5, 5.41) is 0. The number of nitrogens with zero attached hydrogens (tertiary/aromatic N) is 1. The zero-order chi connectivity index (χ0) is 26.6. The molecule has 0 radical (unpaired) electrons. The minimum absolute atomic E-state index is 0.155. The van der Waals surface area contributed by atoms with E-state index in [0.29, 0.717) is 38.1 Å². The number of esters is 1. The van der Waals surface area contributed by atoms with E-state index in [1.165, 1.54) is 11.1 Å². The largest absolute Gasteiger partial charge is 0.489 e. The van der Waals surface area contributed by atoms with Crippen LogP contribution in [0.15, 0.2) is 78.9 Å². The summed E-state index contributed by atoms with van der Waals surface area (Å²) in [6, 6.07) is 28.3. The number of benzene rings is 3. The lowest BCUT2D eigenvalue weighted by atomic mass is 9.86. The molecule has 0 spiro atoms. The second-order valence-electron chi connectivity index (χ2n) is 10.1. The van der Waals surface area contributed by atoms with Crippen LogP contribution in [0, 0.1) is 0 Å². The molecule has 0 fully saturated rings. The lowest BCUT2D eigenvalue weighted by Gasteiger charge is -2.32. The van der Waals surface area contributed by atoms with Crippen molar-refractivity contribution in [2.45, 2.75) is 78.5 Å². The van der Waals surface area contributed by atoms with Gasteiger partial charge in [-0.3, -0.25) is 9.69 Å². The molecule has 0 heterocycles. The van der Waals surface area contributed by atoms with Gasteiger partial charge in [0.25, 0.3) is 0 Å². The number of rotatable bonds is 14. The Labute approximate surface area is 223 Å². The fraction of sp³-hybridized carbons (Fsp3) is 0.424. The topological polar surface area (TPSA) is 38.8 Å². The second kappa shape index (κ2) is 14.6. The summed E-state index contributed by atoms with van der Waals surface area (Å²) in [5.41, 5.74) is 4.72. The summed E-state index contributed by atoms with van der Waals surface area (Å²) in [4.78, 5) is 14.6. The second-order valence-corrected chi connectivity index (χ2v) is 10.1. The summed E-state index contributed by atoms with van der Waals surface area (Å²) < 4.78 is 11.6. The summed E-state index contributed by atoms with van der Waals surface area (Å²) in [6.45, 7) is 12.8. The Bertz CT molecular complexity index is 1070. The van der Waals surface area contributed by atoms with Gasteiger partial charge in [0.05, 0.1) is 6.61 Å². The SMILES string of the molecule is CCOC(=O)CCc1ccc(OCc2ccccc2)c(C(CCN(C(C)C)C(C)C)c2ccccc2)c1. The number of carbonyl (C=O) groups is 1. The van der Waals surface area contributed by atoms with Gasteiger partial charge >= 0.3 is 5.97 Å². The standard InChI is InChI=1S/C33H43NO3/c1-6-36-33(35)20-18-27-17-19-32(37-24-28-13-9-7-10-14-28)31(23-27)30(29-15-11-8-12-16-29)21-22-34(25(2)3)26(4)5/h7-17,19,23,25-26,30H,6,18,20-22,24H2,1-5H3. The molecule has 3 aromatic carbocycles. The third-order valence-corrected chi connectivity index (χ3v) is 6.81. The molecule has 0 N–H and O–H groups in total. The van der Waals surface area contributed by atoms with E-state index in [1.807, 2.05) is 25.1 Å². The highest BCUT2D eigenvalue weighted by Gasteiger charge is 2.22. The molecule has 0 bridgehead atoms. The van der Waals surface area contributed by atoms with Crippen molar-refractivity contribution in [2.24, 2.45) is 0 Å². The minimum Gasteiger partial charge on any atom is -0.489 e. The van der Waals surface area contributed by atoms with Gasteiger partial charge in [-0.25, -0.2) is 0 Å². The first-order valence-electron chi connectivity index (χ1n) is 13.6. The van der Waals surface area contributed by atoms with E-state index >= 15 is 0 Å². The molecular weight excluding hydrogens is 458 g/mol. The number of ether oxygens (including phenoxy) is 2. The minimum atomic E-state index is -0.155. The maximum atomic E-state index is 12.0. The Morgan fingerprint density at radius 3 is 2.11 bits per heavy atom. The molecule has 1 atom stereocenters. The monoisotopic (exact) mass is 501 g/mol. The first kappa shape index (κ1) is 28.5. The average Bonchev–Trinajstić information content (AvgIpc) is 2.90. The van der Waals surface area contributed by atoms with E-state index in [-0.39, 0.29) is 11.9 Å². The molecule has 0 saturated heterocycles. The lowest BCUT2D eigenvalue weighted by molar-refractivity contribution is -0.143. The van der Waals surface area contributed by atoms with Crippen molar-refractivity contribution >= 4 is 5.97 Å². The number of hydrogen-bond donors (Lipinski definition) is 0. The number of carbonyl (C=O) groups excluding carboxylic acids is 1. The van der Waals surface area contributed by atoms with Crippen molar-refractivity contribution < 1.29 is 14.3 Å². The summed E-state index contributed by atoms with van der Waals surface area (Å²) >= 11 is 0. The third-order valence-electron chi connectivity index (χ3n) is 6.81. The highest BCUT2D eigenvalue weighted by molar-refractivity contribution is 5.69. The molecule has 0 aliphatic carbocycles. The van der Waals surface area contributed by atoms with Crippen molar-refractivity contribution in [3.63, 3.8) is 0 Å².